The van der Waals surface area contributed by atoms with Gasteiger partial charge in [-0.1, -0.05) is 0 Å². The number of anilines is 1. The highest BCUT2D eigenvalue weighted by molar-refractivity contribution is 5.53. The number of aromatic hydroxyl groups is 1. The molecule has 17 heavy (non-hydrogen) atoms. The van der Waals surface area contributed by atoms with Gasteiger partial charge in [0.05, 0.1) is 0 Å². The molecular formula is C14H22N2O. The van der Waals surface area contributed by atoms with Gasteiger partial charge in [-0.05, 0) is 63.0 Å². The smallest absolute Gasteiger partial charge is 0.115 e. The Kier molecular flexibility index (Phi) is 3.89. The molecule has 0 amide bonds. The standard InChI is InChI=1S/C14H22N2O/c1-11-8-13(17)5-6-14(11)15-9-12-4-3-7-16(2)10-12/h5-6,8,12,15,17H,3-4,7,9-10H2,1-2H3. The Morgan fingerprint density at radius 2 is 2.29 bits per heavy atom. The Bertz CT molecular complexity index is 378. The molecule has 1 aliphatic heterocycles. The predicted octanol–water partition coefficient (Wildman–Crippen LogP) is 2.45. The minimum atomic E-state index is 0.338. The second kappa shape index (κ2) is 5.41. The van der Waals surface area contributed by atoms with Crippen LogP contribution in [0.5, 0.6) is 5.75 Å². The summed E-state index contributed by atoms with van der Waals surface area (Å²) in [5, 5.41) is 12.8. The van der Waals surface area contributed by atoms with Crippen LogP contribution in [0.25, 0.3) is 0 Å². The van der Waals surface area contributed by atoms with E-state index in [4.69, 9.17) is 0 Å². The zero-order valence-electron chi connectivity index (χ0n) is 10.7. The zero-order chi connectivity index (χ0) is 12.3. The number of rotatable bonds is 3. The van der Waals surface area contributed by atoms with Crippen LogP contribution in [0, 0.1) is 12.8 Å². The number of phenolic OH excluding ortho intramolecular Hbond substituents is 1. The lowest BCUT2D eigenvalue weighted by Crippen LogP contribution is -2.35. The van der Waals surface area contributed by atoms with E-state index in [1.807, 2.05) is 13.0 Å². The van der Waals surface area contributed by atoms with Crippen molar-refractivity contribution in [1.29, 1.82) is 0 Å². The van der Waals surface area contributed by atoms with Crippen molar-refractivity contribution in [1.82, 2.24) is 4.90 Å². The second-order valence-electron chi connectivity index (χ2n) is 5.15. The van der Waals surface area contributed by atoms with Crippen LogP contribution < -0.4 is 5.32 Å². The minimum Gasteiger partial charge on any atom is -0.508 e. The Morgan fingerprint density at radius 3 is 3.00 bits per heavy atom. The van der Waals surface area contributed by atoms with Crippen LogP contribution in [0.4, 0.5) is 5.69 Å². The van der Waals surface area contributed by atoms with Gasteiger partial charge in [0.1, 0.15) is 5.75 Å². The summed E-state index contributed by atoms with van der Waals surface area (Å²) in [7, 11) is 2.19. The van der Waals surface area contributed by atoms with Gasteiger partial charge in [0.25, 0.3) is 0 Å². The molecule has 1 saturated heterocycles. The average Bonchev–Trinajstić information content (AvgIpc) is 2.28. The number of benzene rings is 1. The summed E-state index contributed by atoms with van der Waals surface area (Å²) < 4.78 is 0. The predicted molar refractivity (Wildman–Crippen MR) is 71.6 cm³/mol. The van der Waals surface area contributed by atoms with Gasteiger partial charge in [-0.25, -0.2) is 0 Å². The molecule has 1 fully saturated rings. The van der Waals surface area contributed by atoms with Crippen molar-refractivity contribution in [3.8, 4) is 5.75 Å². The summed E-state index contributed by atoms with van der Waals surface area (Å²) in [6.45, 7) is 5.46. The van der Waals surface area contributed by atoms with Crippen molar-refractivity contribution >= 4 is 5.69 Å². The van der Waals surface area contributed by atoms with Gasteiger partial charge in [0, 0.05) is 18.8 Å². The van der Waals surface area contributed by atoms with Gasteiger partial charge >= 0.3 is 0 Å². The number of likely N-dealkylation sites (tertiary alicyclic amines) is 1. The summed E-state index contributed by atoms with van der Waals surface area (Å²) in [5.41, 5.74) is 2.24. The summed E-state index contributed by atoms with van der Waals surface area (Å²) >= 11 is 0. The molecule has 2 rings (SSSR count). The highest BCUT2D eigenvalue weighted by Gasteiger charge is 2.16. The number of phenols is 1. The van der Waals surface area contributed by atoms with Crippen LogP contribution in [-0.4, -0.2) is 36.7 Å². The Hall–Kier alpha value is -1.22. The first-order valence-electron chi connectivity index (χ1n) is 6.37. The molecular weight excluding hydrogens is 212 g/mol. The van der Waals surface area contributed by atoms with Crippen LogP contribution in [0.1, 0.15) is 18.4 Å². The summed E-state index contributed by atoms with van der Waals surface area (Å²) in [6, 6.07) is 5.49. The molecule has 1 aliphatic rings. The molecule has 1 aromatic rings. The molecule has 0 aromatic heterocycles. The van der Waals surface area contributed by atoms with Crippen molar-refractivity contribution in [3.63, 3.8) is 0 Å². The highest BCUT2D eigenvalue weighted by atomic mass is 16.3. The monoisotopic (exact) mass is 234 g/mol. The third-order valence-electron chi connectivity index (χ3n) is 3.51. The largest absolute Gasteiger partial charge is 0.508 e. The number of piperidine rings is 1. The summed E-state index contributed by atoms with van der Waals surface area (Å²) in [5.74, 6) is 1.08. The SMILES string of the molecule is Cc1cc(O)ccc1NCC1CCCN(C)C1. The van der Waals surface area contributed by atoms with E-state index < -0.39 is 0 Å². The molecule has 0 bridgehead atoms. The lowest BCUT2D eigenvalue weighted by molar-refractivity contribution is 0.217. The first-order valence-corrected chi connectivity index (χ1v) is 6.37. The molecule has 94 valence electrons. The second-order valence-corrected chi connectivity index (χ2v) is 5.15. The van der Waals surface area contributed by atoms with Crippen molar-refractivity contribution < 1.29 is 5.11 Å². The maximum absolute atomic E-state index is 9.35. The molecule has 0 saturated carbocycles. The van der Waals surface area contributed by atoms with Crippen LogP contribution >= 0.6 is 0 Å². The number of aryl methyl sites for hydroxylation is 1. The fraction of sp³-hybridized carbons (Fsp3) is 0.571. The number of nitrogens with one attached hydrogen (secondary N) is 1. The Balaban J connectivity index is 1.88. The van der Waals surface area contributed by atoms with E-state index in [-0.39, 0.29) is 0 Å². The van der Waals surface area contributed by atoms with Gasteiger partial charge in [-0.15, -0.1) is 0 Å². The van der Waals surface area contributed by atoms with Gasteiger partial charge in [0.2, 0.25) is 0 Å². The Morgan fingerprint density at radius 1 is 1.47 bits per heavy atom. The molecule has 1 aromatic carbocycles. The first kappa shape index (κ1) is 12.2. The fourth-order valence-electron chi connectivity index (χ4n) is 2.54. The maximum Gasteiger partial charge on any atom is 0.115 e. The minimum absolute atomic E-state index is 0.338. The van der Waals surface area contributed by atoms with Crippen molar-refractivity contribution in [2.75, 3.05) is 32.0 Å². The van der Waals surface area contributed by atoms with E-state index in [1.54, 1.807) is 12.1 Å². The zero-order valence-corrected chi connectivity index (χ0v) is 10.7. The molecule has 3 heteroatoms. The molecule has 2 N–H and O–H groups in total. The molecule has 1 unspecified atom stereocenters. The van der Waals surface area contributed by atoms with E-state index in [2.05, 4.69) is 17.3 Å². The third-order valence-corrected chi connectivity index (χ3v) is 3.51. The van der Waals surface area contributed by atoms with Crippen LogP contribution in [-0.2, 0) is 0 Å². The number of nitrogens with zero attached hydrogens (tertiary/aromatic N) is 1. The fourth-order valence-corrected chi connectivity index (χ4v) is 2.54. The van der Waals surface area contributed by atoms with E-state index in [1.165, 1.54) is 25.9 Å². The van der Waals surface area contributed by atoms with Crippen LogP contribution in [0.3, 0.4) is 0 Å². The normalized spacial score (nSPS) is 21.4. The third kappa shape index (κ3) is 3.37. The van der Waals surface area contributed by atoms with Crippen molar-refractivity contribution in [2.45, 2.75) is 19.8 Å². The van der Waals surface area contributed by atoms with Gasteiger partial charge in [-0.2, -0.15) is 0 Å². The molecule has 0 radical (unpaired) electrons. The molecule has 1 heterocycles. The molecule has 0 aliphatic carbocycles. The average molecular weight is 234 g/mol. The van der Waals surface area contributed by atoms with Crippen LogP contribution in [0.15, 0.2) is 18.2 Å². The summed E-state index contributed by atoms with van der Waals surface area (Å²) in [4.78, 5) is 2.40. The maximum atomic E-state index is 9.35. The van der Waals surface area contributed by atoms with E-state index in [9.17, 15) is 5.11 Å². The van der Waals surface area contributed by atoms with Gasteiger partial charge in [-0.3, -0.25) is 0 Å². The molecule has 1 atom stereocenters. The Labute approximate surface area is 103 Å². The van der Waals surface area contributed by atoms with Crippen LogP contribution in [0.2, 0.25) is 0 Å². The van der Waals surface area contributed by atoms with E-state index >= 15 is 0 Å². The molecule has 3 nitrogen and oxygen atoms in total. The quantitative estimate of drug-likeness (QED) is 0.789. The van der Waals surface area contributed by atoms with Gasteiger partial charge < -0.3 is 15.3 Å². The van der Waals surface area contributed by atoms with E-state index in [0.29, 0.717) is 5.75 Å². The van der Waals surface area contributed by atoms with Crippen molar-refractivity contribution in [2.24, 2.45) is 5.92 Å². The number of hydrogen-bond acceptors (Lipinski definition) is 3. The number of hydrogen-bond donors (Lipinski definition) is 2. The molecule has 0 spiro atoms. The lowest BCUT2D eigenvalue weighted by Gasteiger charge is -2.30. The van der Waals surface area contributed by atoms with Gasteiger partial charge in [0.15, 0.2) is 0 Å². The highest BCUT2D eigenvalue weighted by Crippen LogP contribution is 2.21. The summed E-state index contributed by atoms with van der Waals surface area (Å²) in [6.07, 6.45) is 2.62. The topological polar surface area (TPSA) is 35.5 Å². The first-order chi connectivity index (χ1) is 8.15. The lowest BCUT2D eigenvalue weighted by atomic mass is 9.98. The van der Waals surface area contributed by atoms with Crippen molar-refractivity contribution in [3.05, 3.63) is 23.8 Å². The van der Waals surface area contributed by atoms with E-state index in [0.717, 1.165) is 23.7 Å².